The molecule has 1 unspecified atom stereocenters. The lowest BCUT2D eigenvalue weighted by Gasteiger charge is -2.31. The average Bonchev–Trinajstić information content (AvgIpc) is 2.93. The molecule has 1 aromatic heterocycles. The van der Waals surface area contributed by atoms with Gasteiger partial charge in [0.25, 0.3) is 0 Å². The fourth-order valence-corrected chi connectivity index (χ4v) is 4.58. The topological polar surface area (TPSA) is 108 Å². The average molecular weight is 578 g/mol. The lowest BCUT2D eigenvalue weighted by molar-refractivity contribution is -0.139. The zero-order chi connectivity index (χ0) is 28.2. The Morgan fingerprint density at radius 2 is 1.77 bits per heavy atom. The van der Waals surface area contributed by atoms with E-state index in [-0.39, 0.29) is 29.4 Å². The Balaban J connectivity index is 1.69. The number of rotatable bonds is 14. The minimum atomic E-state index is -0.870. The molecule has 1 aliphatic heterocycles. The number of dihydropyridines is 1. The molecule has 0 fully saturated rings. The van der Waals surface area contributed by atoms with Crippen molar-refractivity contribution in [2.45, 2.75) is 26.3 Å². The molecule has 0 saturated heterocycles. The van der Waals surface area contributed by atoms with Crippen LogP contribution in [0.1, 0.15) is 30.9 Å². The second-order valence-corrected chi connectivity index (χ2v) is 9.33. The van der Waals surface area contributed by atoms with Crippen LogP contribution in [0.5, 0.6) is 0 Å². The lowest BCUT2D eigenvalue weighted by atomic mass is 9.80. The number of ether oxygens (including phenoxy) is 4. The monoisotopic (exact) mass is 577 g/mol. The highest BCUT2D eigenvalue weighted by Crippen LogP contribution is 2.43. The number of halogens is 2. The minimum Gasteiger partial charge on any atom is -0.466 e. The van der Waals surface area contributed by atoms with Gasteiger partial charge in [-0.2, -0.15) is 0 Å². The van der Waals surface area contributed by atoms with Crippen LogP contribution in [0, 0.1) is 0 Å². The van der Waals surface area contributed by atoms with Crippen LogP contribution in [0.3, 0.4) is 0 Å². The van der Waals surface area contributed by atoms with Gasteiger partial charge in [-0.15, -0.1) is 0 Å². The summed E-state index contributed by atoms with van der Waals surface area (Å²) in [6.07, 6.45) is 3.52. The predicted molar refractivity (Wildman–Crippen MR) is 148 cm³/mol. The molecule has 11 heteroatoms. The number of carbonyl (C=O) groups is 2. The molecule has 1 aromatic carbocycles. The molecule has 0 radical (unpaired) electrons. The van der Waals surface area contributed by atoms with E-state index in [9.17, 15) is 9.59 Å². The van der Waals surface area contributed by atoms with Crippen molar-refractivity contribution < 1.29 is 28.5 Å². The molecular formula is C28H33Cl2N3O6. The lowest BCUT2D eigenvalue weighted by Crippen LogP contribution is -2.35. The van der Waals surface area contributed by atoms with E-state index in [1.165, 1.54) is 7.11 Å². The number of hydrogen-bond acceptors (Lipinski definition) is 9. The van der Waals surface area contributed by atoms with Crippen LogP contribution >= 0.6 is 23.2 Å². The van der Waals surface area contributed by atoms with Crippen molar-refractivity contribution in [2.75, 3.05) is 46.7 Å². The largest absolute Gasteiger partial charge is 0.466 e. The van der Waals surface area contributed by atoms with Gasteiger partial charge >= 0.3 is 11.9 Å². The summed E-state index contributed by atoms with van der Waals surface area (Å²) in [5, 5.41) is 6.97. The number of aromatic nitrogens is 1. The quantitative estimate of drug-likeness (QED) is 0.252. The number of benzene rings is 1. The van der Waals surface area contributed by atoms with E-state index in [4.69, 9.17) is 42.1 Å². The van der Waals surface area contributed by atoms with Gasteiger partial charge in [-0.1, -0.05) is 35.3 Å². The summed E-state index contributed by atoms with van der Waals surface area (Å²) in [7, 11) is 1.28. The summed E-state index contributed by atoms with van der Waals surface area (Å²) < 4.78 is 21.9. The number of methoxy groups -OCH3 is 1. The molecule has 39 heavy (non-hydrogen) atoms. The van der Waals surface area contributed by atoms with Crippen molar-refractivity contribution >= 4 is 35.1 Å². The van der Waals surface area contributed by atoms with Gasteiger partial charge < -0.3 is 29.6 Å². The van der Waals surface area contributed by atoms with Crippen LogP contribution in [0.2, 0.25) is 10.0 Å². The third-order valence-electron chi connectivity index (χ3n) is 5.96. The van der Waals surface area contributed by atoms with Gasteiger partial charge in [0.2, 0.25) is 0 Å². The number of hydrogen-bond donors (Lipinski definition) is 2. The molecule has 2 N–H and O–H groups in total. The standard InChI is InChI=1S/C28H33Cl2N3O6/c1-4-39-28(35)25-22(17-38-15-14-37-13-12-32-16-19-8-10-31-11-9-19)33-18(2)23(27(34)36-3)24(25)20-6-5-7-21(29)26(20)30/h5-11,24,32-33H,4,12-17H2,1-3H3. The zero-order valence-corrected chi connectivity index (χ0v) is 23.7. The van der Waals surface area contributed by atoms with Gasteiger partial charge in [-0.05, 0) is 43.2 Å². The Morgan fingerprint density at radius 3 is 2.49 bits per heavy atom. The Kier molecular flexibility index (Phi) is 12.2. The normalized spacial score (nSPS) is 15.3. The molecule has 1 atom stereocenters. The maximum Gasteiger partial charge on any atom is 0.336 e. The predicted octanol–water partition coefficient (Wildman–Crippen LogP) is 4.16. The highest BCUT2D eigenvalue weighted by atomic mass is 35.5. The summed E-state index contributed by atoms with van der Waals surface area (Å²) in [6, 6.07) is 8.97. The Bertz CT molecular complexity index is 1200. The third kappa shape index (κ3) is 8.27. The fraction of sp³-hybridized carbons (Fsp3) is 0.393. The number of carbonyl (C=O) groups excluding carboxylic acids is 2. The Hall–Kier alpha value is -2.95. The minimum absolute atomic E-state index is 0.0538. The summed E-state index contributed by atoms with van der Waals surface area (Å²) >= 11 is 12.9. The van der Waals surface area contributed by atoms with Crippen LogP contribution < -0.4 is 10.6 Å². The van der Waals surface area contributed by atoms with Crippen molar-refractivity contribution in [1.82, 2.24) is 15.6 Å². The summed E-state index contributed by atoms with van der Waals surface area (Å²) in [5.41, 5.74) is 3.03. The fourth-order valence-electron chi connectivity index (χ4n) is 4.17. The molecule has 2 aromatic rings. The first-order valence-electron chi connectivity index (χ1n) is 12.5. The van der Waals surface area contributed by atoms with Gasteiger partial charge in [0.1, 0.15) is 0 Å². The van der Waals surface area contributed by atoms with E-state index in [0.29, 0.717) is 48.3 Å². The van der Waals surface area contributed by atoms with Crippen molar-refractivity contribution in [3.05, 3.63) is 86.4 Å². The zero-order valence-electron chi connectivity index (χ0n) is 22.2. The Morgan fingerprint density at radius 1 is 1.03 bits per heavy atom. The van der Waals surface area contributed by atoms with E-state index in [1.807, 2.05) is 12.1 Å². The highest BCUT2D eigenvalue weighted by molar-refractivity contribution is 6.42. The number of nitrogens with zero attached hydrogens (tertiary/aromatic N) is 1. The molecule has 0 amide bonds. The van der Waals surface area contributed by atoms with Gasteiger partial charge in [0, 0.05) is 31.2 Å². The molecule has 3 rings (SSSR count). The third-order valence-corrected chi connectivity index (χ3v) is 6.79. The van der Waals surface area contributed by atoms with Gasteiger partial charge in [0.05, 0.1) is 73.0 Å². The summed E-state index contributed by atoms with van der Waals surface area (Å²) in [4.78, 5) is 30.1. The smallest absolute Gasteiger partial charge is 0.336 e. The van der Waals surface area contributed by atoms with Gasteiger partial charge in [-0.3, -0.25) is 4.98 Å². The maximum absolute atomic E-state index is 13.2. The molecule has 0 saturated carbocycles. The molecule has 1 aliphatic rings. The van der Waals surface area contributed by atoms with Crippen LogP contribution in [0.25, 0.3) is 0 Å². The van der Waals surface area contributed by atoms with Crippen LogP contribution in [0.15, 0.2) is 65.3 Å². The number of allylic oxidation sites excluding steroid dienone is 1. The van der Waals surface area contributed by atoms with Crippen molar-refractivity contribution in [1.29, 1.82) is 0 Å². The van der Waals surface area contributed by atoms with Crippen molar-refractivity contribution in [3.8, 4) is 0 Å². The van der Waals surface area contributed by atoms with Crippen molar-refractivity contribution in [3.63, 3.8) is 0 Å². The second-order valence-electron chi connectivity index (χ2n) is 8.54. The van der Waals surface area contributed by atoms with Crippen LogP contribution in [0.4, 0.5) is 0 Å². The Labute approximate surface area is 238 Å². The van der Waals surface area contributed by atoms with Crippen molar-refractivity contribution in [2.24, 2.45) is 0 Å². The first-order valence-corrected chi connectivity index (χ1v) is 13.3. The molecule has 0 aliphatic carbocycles. The number of pyridine rings is 1. The number of esters is 2. The molecule has 2 heterocycles. The molecule has 0 bridgehead atoms. The SMILES string of the molecule is CCOC(=O)C1=C(COCCOCCNCc2ccncc2)NC(C)=C(C(=O)OC)C1c1cccc(Cl)c1Cl. The first kappa shape index (κ1) is 30.6. The van der Waals surface area contributed by atoms with E-state index >= 15 is 0 Å². The van der Waals surface area contributed by atoms with Crippen LogP contribution in [-0.2, 0) is 35.1 Å². The second kappa shape index (κ2) is 15.6. The molecular weight excluding hydrogens is 545 g/mol. The van der Waals surface area contributed by atoms with E-state index in [2.05, 4.69) is 15.6 Å². The van der Waals surface area contributed by atoms with E-state index in [1.54, 1.807) is 44.4 Å². The number of nitrogens with one attached hydrogen (secondary N) is 2. The molecule has 9 nitrogen and oxygen atoms in total. The summed E-state index contributed by atoms with van der Waals surface area (Å²) in [6.45, 7) is 6.22. The summed E-state index contributed by atoms with van der Waals surface area (Å²) in [5.74, 6) is -2.07. The first-order chi connectivity index (χ1) is 18.9. The highest BCUT2D eigenvalue weighted by Gasteiger charge is 2.40. The van der Waals surface area contributed by atoms with Gasteiger partial charge in [0.15, 0.2) is 0 Å². The van der Waals surface area contributed by atoms with Gasteiger partial charge in [-0.25, -0.2) is 9.59 Å². The molecule has 0 spiro atoms. The maximum atomic E-state index is 13.2. The molecule has 210 valence electrons. The van der Waals surface area contributed by atoms with Crippen LogP contribution in [-0.4, -0.2) is 63.6 Å². The van der Waals surface area contributed by atoms with E-state index in [0.717, 1.165) is 12.1 Å². The van der Waals surface area contributed by atoms with E-state index < -0.39 is 17.9 Å².